The van der Waals surface area contributed by atoms with Gasteiger partial charge >= 0.3 is 0 Å². The first-order valence-corrected chi connectivity index (χ1v) is 10.1. The fraction of sp³-hybridized carbons (Fsp3) is 0.571. The Kier molecular flexibility index (Phi) is 9.93. The first-order chi connectivity index (χ1) is 11.1. The Labute approximate surface area is 165 Å². The summed E-state index contributed by atoms with van der Waals surface area (Å²) in [6, 6.07) is 3.11. The van der Waals surface area contributed by atoms with Crippen LogP contribution in [0.5, 0.6) is 0 Å². The molecule has 1 aromatic rings. The summed E-state index contributed by atoms with van der Waals surface area (Å²) < 4.78 is 26.6. The normalized spacial score (nSPS) is 18.0. The second-order valence-electron chi connectivity index (χ2n) is 5.10. The highest BCUT2D eigenvalue weighted by atomic mass is 127. The SMILES string of the molecule is CN=C(NCCNS(=O)(=O)c1cccnc1)NCC1CCCS1.I. The van der Waals surface area contributed by atoms with Gasteiger partial charge in [-0.1, -0.05) is 0 Å². The Balaban J connectivity index is 0.00000288. The van der Waals surface area contributed by atoms with E-state index in [1.165, 1.54) is 30.9 Å². The lowest BCUT2D eigenvalue weighted by atomic mass is 10.2. The average Bonchev–Trinajstić information content (AvgIpc) is 3.08. The highest BCUT2D eigenvalue weighted by Gasteiger charge is 2.16. The molecule has 0 amide bonds. The van der Waals surface area contributed by atoms with Crippen LogP contribution in [0.2, 0.25) is 0 Å². The van der Waals surface area contributed by atoms with Gasteiger partial charge in [-0.3, -0.25) is 9.98 Å². The van der Waals surface area contributed by atoms with Crippen LogP contribution in [-0.2, 0) is 10.0 Å². The monoisotopic (exact) mass is 485 g/mol. The molecule has 0 aromatic carbocycles. The molecule has 136 valence electrons. The molecule has 0 radical (unpaired) electrons. The summed E-state index contributed by atoms with van der Waals surface area (Å²) in [6.45, 7) is 1.61. The third kappa shape index (κ3) is 7.11. The van der Waals surface area contributed by atoms with Gasteiger partial charge in [0.05, 0.1) is 0 Å². The molecule has 0 saturated carbocycles. The zero-order valence-electron chi connectivity index (χ0n) is 13.6. The number of sulfonamides is 1. The van der Waals surface area contributed by atoms with Crippen LogP contribution in [0.25, 0.3) is 0 Å². The van der Waals surface area contributed by atoms with Crippen molar-refractivity contribution in [2.45, 2.75) is 23.0 Å². The van der Waals surface area contributed by atoms with Crippen molar-refractivity contribution in [3.63, 3.8) is 0 Å². The van der Waals surface area contributed by atoms with Crippen LogP contribution in [0, 0.1) is 0 Å². The molecular weight excluding hydrogens is 461 g/mol. The summed E-state index contributed by atoms with van der Waals surface area (Å²) in [6.07, 6.45) is 5.38. The molecular formula is C14H24IN5O2S2. The van der Waals surface area contributed by atoms with E-state index >= 15 is 0 Å². The van der Waals surface area contributed by atoms with Crippen LogP contribution in [0.15, 0.2) is 34.4 Å². The van der Waals surface area contributed by atoms with Gasteiger partial charge in [0.1, 0.15) is 4.90 Å². The maximum absolute atomic E-state index is 12.0. The molecule has 10 heteroatoms. The molecule has 3 N–H and O–H groups in total. The van der Waals surface area contributed by atoms with Crippen molar-refractivity contribution in [1.82, 2.24) is 20.3 Å². The maximum atomic E-state index is 12.0. The summed E-state index contributed by atoms with van der Waals surface area (Å²) in [5.74, 6) is 1.92. The van der Waals surface area contributed by atoms with Crippen LogP contribution in [0.4, 0.5) is 0 Å². The molecule has 0 aliphatic carbocycles. The molecule has 1 aliphatic heterocycles. The summed E-state index contributed by atoms with van der Waals surface area (Å²) in [7, 11) is -1.80. The van der Waals surface area contributed by atoms with E-state index < -0.39 is 10.0 Å². The molecule has 1 fully saturated rings. The van der Waals surface area contributed by atoms with Crippen molar-refractivity contribution in [3.05, 3.63) is 24.5 Å². The van der Waals surface area contributed by atoms with Crippen molar-refractivity contribution in [2.75, 3.05) is 32.4 Å². The molecule has 7 nitrogen and oxygen atoms in total. The molecule has 2 heterocycles. The molecule has 1 unspecified atom stereocenters. The van der Waals surface area contributed by atoms with Crippen LogP contribution >= 0.6 is 35.7 Å². The van der Waals surface area contributed by atoms with Gasteiger partial charge in [0.25, 0.3) is 0 Å². The second kappa shape index (κ2) is 11.1. The summed E-state index contributed by atoms with van der Waals surface area (Å²) in [4.78, 5) is 8.12. The fourth-order valence-electron chi connectivity index (χ4n) is 2.19. The first kappa shape index (κ1) is 21.5. The summed E-state index contributed by atoms with van der Waals surface area (Å²) in [5.41, 5.74) is 0. The minimum absolute atomic E-state index is 0. The number of aromatic nitrogens is 1. The van der Waals surface area contributed by atoms with Gasteiger partial charge in [-0.15, -0.1) is 24.0 Å². The van der Waals surface area contributed by atoms with E-state index in [0.29, 0.717) is 17.8 Å². The number of halogens is 1. The van der Waals surface area contributed by atoms with Gasteiger partial charge in [-0.25, -0.2) is 13.1 Å². The Hall–Kier alpha value is -0.590. The lowest BCUT2D eigenvalue weighted by molar-refractivity contribution is 0.580. The van der Waals surface area contributed by atoms with E-state index in [1.54, 1.807) is 19.3 Å². The Bertz CT molecular complexity index is 607. The van der Waals surface area contributed by atoms with Gasteiger partial charge < -0.3 is 10.6 Å². The number of aliphatic imine (C=N–C) groups is 1. The molecule has 24 heavy (non-hydrogen) atoms. The van der Waals surface area contributed by atoms with Crippen molar-refractivity contribution in [2.24, 2.45) is 4.99 Å². The smallest absolute Gasteiger partial charge is 0.242 e. The zero-order chi connectivity index (χ0) is 16.5. The average molecular weight is 485 g/mol. The number of guanidine groups is 1. The van der Waals surface area contributed by atoms with Crippen LogP contribution in [0.1, 0.15) is 12.8 Å². The minimum atomic E-state index is -3.51. The number of thioether (sulfide) groups is 1. The van der Waals surface area contributed by atoms with Crippen molar-refractivity contribution >= 4 is 51.7 Å². The summed E-state index contributed by atoms with van der Waals surface area (Å²) >= 11 is 1.98. The van der Waals surface area contributed by atoms with E-state index in [0.717, 1.165) is 6.54 Å². The van der Waals surface area contributed by atoms with Crippen molar-refractivity contribution in [3.8, 4) is 0 Å². The molecule has 0 spiro atoms. The molecule has 1 atom stereocenters. The fourth-order valence-corrected chi connectivity index (χ4v) is 4.39. The molecule has 1 aromatic heterocycles. The largest absolute Gasteiger partial charge is 0.355 e. The third-order valence-corrected chi connectivity index (χ3v) is 6.24. The standard InChI is InChI=1S/C14H23N5O2S2.HI/c1-15-14(18-10-12-4-3-9-22-12)17-7-8-19-23(20,21)13-5-2-6-16-11-13;/h2,5-6,11-12,19H,3-4,7-10H2,1H3,(H2,15,17,18);1H. The molecule has 1 saturated heterocycles. The summed E-state index contributed by atoms with van der Waals surface area (Å²) in [5, 5.41) is 7.01. The van der Waals surface area contributed by atoms with Crippen molar-refractivity contribution in [1.29, 1.82) is 0 Å². The van der Waals surface area contributed by atoms with E-state index in [1.807, 2.05) is 11.8 Å². The van der Waals surface area contributed by atoms with Gasteiger partial charge in [-0.05, 0) is 30.7 Å². The molecule has 0 bridgehead atoms. The van der Waals surface area contributed by atoms with Gasteiger partial charge in [0.2, 0.25) is 10.0 Å². The Morgan fingerprint density at radius 1 is 1.42 bits per heavy atom. The van der Waals surface area contributed by atoms with Gasteiger partial charge in [0, 0.05) is 44.3 Å². The van der Waals surface area contributed by atoms with E-state index in [2.05, 4.69) is 25.3 Å². The number of hydrogen-bond donors (Lipinski definition) is 3. The van der Waals surface area contributed by atoms with E-state index in [-0.39, 0.29) is 35.4 Å². The molecule has 1 aliphatic rings. The number of nitrogens with one attached hydrogen (secondary N) is 3. The minimum Gasteiger partial charge on any atom is -0.355 e. The predicted octanol–water partition coefficient (Wildman–Crippen LogP) is 1.04. The number of hydrogen-bond acceptors (Lipinski definition) is 5. The predicted molar refractivity (Wildman–Crippen MR) is 110 cm³/mol. The quantitative estimate of drug-likeness (QED) is 0.231. The lowest BCUT2D eigenvalue weighted by Crippen LogP contribution is -2.43. The van der Waals surface area contributed by atoms with Crippen LogP contribution in [0.3, 0.4) is 0 Å². The number of nitrogens with zero attached hydrogens (tertiary/aromatic N) is 2. The first-order valence-electron chi connectivity index (χ1n) is 7.57. The third-order valence-electron chi connectivity index (χ3n) is 3.40. The van der Waals surface area contributed by atoms with E-state index in [9.17, 15) is 8.42 Å². The van der Waals surface area contributed by atoms with Gasteiger partial charge in [0.15, 0.2) is 5.96 Å². The lowest BCUT2D eigenvalue weighted by Gasteiger charge is -2.15. The highest BCUT2D eigenvalue weighted by molar-refractivity contribution is 14.0. The van der Waals surface area contributed by atoms with Crippen molar-refractivity contribution < 1.29 is 8.42 Å². The number of rotatable bonds is 7. The number of pyridine rings is 1. The van der Waals surface area contributed by atoms with Crippen LogP contribution in [-0.4, -0.2) is 57.0 Å². The second-order valence-corrected chi connectivity index (χ2v) is 8.28. The highest BCUT2D eigenvalue weighted by Crippen LogP contribution is 2.25. The molecule has 2 rings (SSSR count). The van der Waals surface area contributed by atoms with E-state index in [4.69, 9.17) is 0 Å². The maximum Gasteiger partial charge on any atom is 0.242 e. The Morgan fingerprint density at radius 3 is 2.88 bits per heavy atom. The van der Waals surface area contributed by atoms with Crippen LogP contribution < -0.4 is 15.4 Å². The zero-order valence-corrected chi connectivity index (χ0v) is 17.5. The Morgan fingerprint density at radius 2 is 2.25 bits per heavy atom. The topological polar surface area (TPSA) is 95.5 Å². The van der Waals surface area contributed by atoms with Gasteiger partial charge in [-0.2, -0.15) is 11.8 Å².